The van der Waals surface area contributed by atoms with Crippen molar-refractivity contribution in [3.63, 3.8) is 0 Å². The first-order valence-electron chi connectivity index (χ1n) is 7.73. The summed E-state index contributed by atoms with van der Waals surface area (Å²) >= 11 is 1.66. The number of nitrogens with zero attached hydrogens (tertiary/aromatic N) is 3. The molecule has 0 saturated carbocycles. The number of thiophene rings is 1. The van der Waals surface area contributed by atoms with Crippen molar-refractivity contribution in [3.8, 4) is 0 Å². The predicted octanol–water partition coefficient (Wildman–Crippen LogP) is 2.78. The fourth-order valence-electron chi connectivity index (χ4n) is 2.43. The Morgan fingerprint density at radius 2 is 2.33 bits per heavy atom. The summed E-state index contributed by atoms with van der Waals surface area (Å²) < 4.78 is 1.77. The molecule has 3 rings (SSSR count). The van der Waals surface area contributed by atoms with Gasteiger partial charge in [-0.3, -0.25) is 10.4 Å². The number of amides is 2. The highest BCUT2D eigenvalue weighted by Gasteiger charge is 2.12. The van der Waals surface area contributed by atoms with Gasteiger partial charge in [0.25, 0.3) is 0 Å². The number of H-pyrrole nitrogens is 1. The summed E-state index contributed by atoms with van der Waals surface area (Å²) in [4.78, 5) is 13.4. The fraction of sp³-hybridized carbons (Fsp3) is 0.312. The number of anilines is 1. The van der Waals surface area contributed by atoms with Crippen LogP contribution >= 0.6 is 11.3 Å². The van der Waals surface area contributed by atoms with Crippen molar-refractivity contribution in [2.45, 2.75) is 32.9 Å². The molecule has 0 aromatic carbocycles. The lowest BCUT2D eigenvalue weighted by atomic mass is 10.2. The van der Waals surface area contributed by atoms with Gasteiger partial charge in [-0.15, -0.1) is 11.3 Å². The topological polar surface area (TPSA) is 87.6 Å². The van der Waals surface area contributed by atoms with Gasteiger partial charge in [-0.25, -0.2) is 9.48 Å². The molecule has 8 heteroatoms. The van der Waals surface area contributed by atoms with Gasteiger partial charge in [0.1, 0.15) is 5.82 Å². The average molecular weight is 344 g/mol. The second kappa shape index (κ2) is 7.31. The number of urea groups is 1. The first-order valence-corrected chi connectivity index (χ1v) is 8.60. The maximum absolute atomic E-state index is 12.2. The molecule has 0 unspecified atom stereocenters. The molecule has 0 aliphatic carbocycles. The van der Waals surface area contributed by atoms with Crippen LogP contribution in [-0.2, 0) is 13.0 Å². The van der Waals surface area contributed by atoms with Gasteiger partial charge < -0.3 is 5.32 Å². The number of hydrogen-bond acceptors (Lipinski definition) is 4. The monoisotopic (exact) mass is 344 g/mol. The van der Waals surface area contributed by atoms with Crippen LogP contribution in [0.3, 0.4) is 0 Å². The molecule has 3 heterocycles. The standard InChI is InChI=1S/C16H20N6OS/c1-11(8-13-9-12(2)20-21-13)18-16(23)19-15-5-6-17-22(15)10-14-4-3-7-24-14/h3-7,9,11H,8,10H2,1-2H3,(H,20,21)(H2,18,19,23)/t11-/m0/s1. The summed E-state index contributed by atoms with van der Waals surface area (Å²) in [6.07, 6.45) is 2.35. The zero-order valence-corrected chi connectivity index (χ0v) is 14.4. The number of hydrogen-bond donors (Lipinski definition) is 3. The van der Waals surface area contributed by atoms with Crippen molar-refractivity contribution in [2.24, 2.45) is 0 Å². The Bertz CT molecular complexity index is 791. The van der Waals surface area contributed by atoms with Crippen LogP contribution in [0.5, 0.6) is 0 Å². The van der Waals surface area contributed by atoms with E-state index in [1.807, 2.05) is 37.4 Å². The normalized spacial score (nSPS) is 12.1. The van der Waals surface area contributed by atoms with E-state index in [2.05, 4.69) is 25.9 Å². The number of carbonyl (C=O) groups excluding carboxylic acids is 1. The van der Waals surface area contributed by atoms with Gasteiger partial charge in [0.2, 0.25) is 0 Å². The van der Waals surface area contributed by atoms with E-state index >= 15 is 0 Å². The molecular weight excluding hydrogens is 324 g/mol. The van der Waals surface area contributed by atoms with E-state index in [4.69, 9.17) is 0 Å². The molecule has 0 aliphatic rings. The summed E-state index contributed by atoms with van der Waals surface area (Å²) in [6.45, 7) is 4.55. The quantitative estimate of drug-likeness (QED) is 0.642. The molecule has 0 saturated heterocycles. The van der Waals surface area contributed by atoms with Crippen LogP contribution < -0.4 is 10.6 Å². The zero-order chi connectivity index (χ0) is 16.9. The number of aromatic amines is 1. The smallest absolute Gasteiger partial charge is 0.320 e. The van der Waals surface area contributed by atoms with Crippen LogP contribution in [-0.4, -0.2) is 32.1 Å². The number of aromatic nitrogens is 4. The van der Waals surface area contributed by atoms with Gasteiger partial charge in [-0.05, 0) is 31.4 Å². The van der Waals surface area contributed by atoms with E-state index in [1.54, 1.807) is 28.3 Å². The highest BCUT2D eigenvalue weighted by atomic mass is 32.1. The molecule has 126 valence electrons. The number of aryl methyl sites for hydroxylation is 1. The van der Waals surface area contributed by atoms with E-state index in [0.717, 1.165) is 11.4 Å². The maximum atomic E-state index is 12.2. The van der Waals surface area contributed by atoms with Crippen molar-refractivity contribution < 1.29 is 4.79 Å². The lowest BCUT2D eigenvalue weighted by Crippen LogP contribution is -2.37. The molecule has 0 fully saturated rings. The third-order valence-corrected chi connectivity index (χ3v) is 4.36. The van der Waals surface area contributed by atoms with E-state index in [1.165, 1.54) is 4.88 Å². The number of rotatable bonds is 6. The lowest BCUT2D eigenvalue weighted by Gasteiger charge is -2.14. The minimum atomic E-state index is -0.248. The van der Waals surface area contributed by atoms with Gasteiger partial charge in [0, 0.05) is 29.1 Å². The summed E-state index contributed by atoms with van der Waals surface area (Å²) in [7, 11) is 0. The van der Waals surface area contributed by atoms with Crippen molar-refractivity contribution in [2.75, 3.05) is 5.32 Å². The average Bonchev–Trinajstić information content (AvgIpc) is 3.24. The highest BCUT2D eigenvalue weighted by Crippen LogP contribution is 2.14. The molecule has 24 heavy (non-hydrogen) atoms. The van der Waals surface area contributed by atoms with Gasteiger partial charge in [0.05, 0.1) is 18.4 Å². The molecule has 0 bridgehead atoms. The highest BCUT2D eigenvalue weighted by molar-refractivity contribution is 7.09. The molecule has 3 N–H and O–H groups in total. The van der Waals surface area contributed by atoms with Crippen molar-refractivity contribution in [1.29, 1.82) is 0 Å². The minimum absolute atomic E-state index is 0.0265. The van der Waals surface area contributed by atoms with E-state index in [-0.39, 0.29) is 12.1 Å². The van der Waals surface area contributed by atoms with Gasteiger partial charge in [0.15, 0.2) is 0 Å². The Hall–Kier alpha value is -2.61. The molecule has 0 radical (unpaired) electrons. The predicted molar refractivity (Wildman–Crippen MR) is 94.3 cm³/mol. The summed E-state index contributed by atoms with van der Waals surface area (Å²) in [5.41, 5.74) is 1.95. The lowest BCUT2D eigenvalue weighted by molar-refractivity contribution is 0.249. The van der Waals surface area contributed by atoms with Gasteiger partial charge >= 0.3 is 6.03 Å². The summed E-state index contributed by atoms with van der Waals surface area (Å²) in [5, 5.41) is 19.1. The van der Waals surface area contributed by atoms with Crippen molar-refractivity contribution in [1.82, 2.24) is 25.3 Å². The van der Waals surface area contributed by atoms with Crippen LogP contribution in [0.1, 0.15) is 23.2 Å². The van der Waals surface area contributed by atoms with Crippen LogP contribution in [0.15, 0.2) is 35.8 Å². The third kappa shape index (κ3) is 4.23. The molecule has 1 atom stereocenters. The first-order chi connectivity index (χ1) is 11.6. The van der Waals surface area contributed by atoms with Gasteiger partial charge in [-0.2, -0.15) is 10.2 Å². The molecular formula is C16H20N6OS. The van der Waals surface area contributed by atoms with E-state index in [0.29, 0.717) is 18.8 Å². The third-order valence-electron chi connectivity index (χ3n) is 3.50. The van der Waals surface area contributed by atoms with Crippen LogP contribution in [0.2, 0.25) is 0 Å². The van der Waals surface area contributed by atoms with Gasteiger partial charge in [-0.1, -0.05) is 6.07 Å². The SMILES string of the molecule is Cc1cc(C[C@H](C)NC(=O)Nc2ccnn2Cc2cccs2)n[nH]1. The molecule has 2 amide bonds. The summed E-state index contributed by atoms with van der Waals surface area (Å²) in [5.74, 6) is 0.670. The minimum Gasteiger partial charge on any atom is -0.335 e. The Morgan fingerprint density at radius 1 is 1.46 bits per heavy atom. The van der Waals surface area contributed by atoms with Crippen LogP contribution in [0, 0.1) is 6.92 Å². The van der Waals surface area contributed by atoms with E-state index in [9.17, 15) is 4.79 Å². The Balaban J connectivity index is 1.54. The fourth-order valence-corrected chi connectivity index (χ4v) is 3.12. The second-order valence-electron chi connectivity index (χ2n) is 5.70. The maximum Gasteiger partial charge on any atom is 0.320 e. The number of nitrogens with one attached hydrogen (secondary N) is 3. The van der Waals surface area contributed by atoms with Crippen molar-refractivity contribution in [3.05, 3.63) is 52.1 Å². The number of carbonyl (C=O) groups is 1. The molecule has 3 aromatic heterocycles. The zero-order valence-electron chi connectivity index (χ0n) is 13.6. The largest absolute Gasteiger partial charge is 0.335 e. The molecule has 7 nitrogen and oxygen atoms in total. The Morgan fingerprint density at radius 3 is 3.04 bits per heavy atom. The second-order valence-corrected chi connectivity index (χ2v) is 6.73. The van der Waals surface area contributed by atoms with E-state index < -0.39 is 0 Å². The molecule has 0 aliphatic heterocycles. The van der Waals surface area contributed by atoms with Crippen LogP contribution in [0.25, 0.3) is 0 Å². The molecule has 3 aromatic rings. The van der Waals surface area contributed by atoms with Crippen LogP contribution in [0.4, 0.5) is 10.6 Å². The van der Waals surface area contributed by atoms with Crippen molar-refractivity contribution >= 4 is 23.2 Å². The Labute approximate surface area is 144 Å². The Kier molecular flexibility index (Phi) is 4.95. The summed E-state index contributed by atoms with van der Waals surface area (Å²) in [6, 6.07) is 7.54. The molecule has 0 spiro atoms. The first kappa shape index (κ1) is 16.3.